The molecule has 2 bridgehead atoms. The van der Waals surface area contributed by atoms with Crippen molar-refractivity contribution in [3.05, 3.63) is 24.3 Å². The molecular weight excluding hydrogens is 212 g/mol. The Hall–Kier alpha value is -1.00. The normalized spacial score (nSPS) is 32.9. The smallest absolute Gasteiger partial charge is 0.115 e. The van der Waals surface area contributed by atoms with Gasteiger partial charge in [-0.05, 0) is 43.4 Å². The van der Waals surface area contributed by atoms with E-state index in [-0.39, 0.29) is 6.04 Å². The average molecular weight is 232 g/mol. The van der Waals surface area contributed by atoms with E-state index in [9.17, 15) is 0 Å². The molecule has 0 amide bonds. The highest BCUT2D eigenvalue weighted by atomic mass is 15.2. The molecule has 0 radical (unpaired) electrons. The predicted octanol–water partition coefficient (Wildman–Crippen LogP) is 1.81. The highest BCUT2D eigenvalue weighted by Gasteiger charge is 2.40. The van der Waals surface area contributed by atoms with Crippen molar-refractivity contribution in [2.24, 2.45) is 23.6 Å². The fourth-order valence-corrected chi connectivity index (χ4v) is 3.76. The van der Waals surface area contributed by atoms with Crippen LogP contribution in [-0.4, -0.2) is 9.97 Å². The Morgan fingerprint density at radius 1 is 1.29 bits per heavy atom. The number of nitrogens with one attached hydrogen (secondary N) is 1. The van der Waals surface area contributed by atoms with Gasteiger partial charge in [-0.1, -0.05) is 6.42 Å². The lowest BCUT2D eigenvalue weighted by molar-refractivity contribution is 0.279. The quantitative estimate of drug-likeness (QED) is 0.614. The number of aromatic nitrogens is 2. The second-order valence-corrected chi connectivity index (χ2v) is 5.56. The van der Waals surface area contributed by atoms with E-state index in [1.165, 1.54) is 25.7 Å². The minimum absolute atomic E-state index is 0.209. The van der Waals surface area contributed by atoms with Crippen LogP contribution >= 0.6 is 0 Å². The standard InChI is InChI=1S/C13H20N4/c14-17-13(12-6-15-8-16-7-12)5-11-4-9-1-2-10(11)3-9/h6-11,13,17H,1-5,14H2. The molecule has 2 saturated carbocycles. The molecule has 3 N–H and O–H groups in total. The van der Waals surface area contributed by atoms with Crippen LogP contribution in [0, 0.1) is 17.8 Å². The summed E-state index contributed by atoms with van der Waals surface area (Å²) in [4.78, 5) is 8.14. The van der Waals surface area contributed by atoms with Gasteiger partial charge in [-0.15, -0.1) is 0 Å². The lowest BCUT2D eigenvalue weighted by Gasteiger charge is -2.26. The molecule has 4 heteroatoms. The number of nitrogens with two attached hydrogens (primary N) is 1. The molecule has 0 aliphatic heterocycles. The minimum atomic E-state index is 0.209. The molecule has 4 unspecified atom stereocenters. The maximum atomic E-state index is 5.68. The SMILES string of the molecule is NNC(CC1CC2CCC1C2)c1cncnc1. The zero-order valence-electron chi connectivity index (χ0n) is 10.0. The van der Waals surface area contributed by atoms with Crippen LogP contribution in [0.2, 0.25) is 0 Å². The summed E-state index contributed by atoms with van der Waals surface area (Å²) in [5.74, 6) is 8.46. The van der Waals surface area contributed by atoms with E-state index in [4.69, 9.17) is 5.84 Å². The fourth-order valence-electron chi connectivity index (χ4n) is 3.76. The maximum Gasteiger partial charge on any atom is 0.115 e. The second kappa shape index (κ2) is 4.70. The topological polar surface area (TPSA) is 63.8 Å². The molecule has 2 aliphatic carbocycles. The van der Waals surface area contributed by atoms with E-state index in [2.05, 4.69) is 15.4 Å². The largest absolute Gasteiger partial charge is 0.271 e. The van der Waals surface area contributed by atoms with Crippen LogP contribution in [0.5, 0.6) is 0 Å². The Labute approximate surface area is 102 Å². The van der Waals surface area contributed by atoms with Crippen LogP contribution in [0.4, 0.5) is 0 Å². The minimum Gasteiger partial charge on any atom is -0.271 e. The lowest BCUT2D eigenvalue weighted by Crippen LogP contribution is -2.31. The van der Waals surface area contributed by atoms with E-state index in [1.54, 1.807) is 6.33 Å². The van der Waals surface area contributed by atoms with Gasteiger partial charge in [0.2, 0.25) is 0 Å². The van der Waals surface area contributed by atoms with Gasteiger partial charge in [0.1, 0.15) is 6.33 Å². The van der Waals surface area contributed by atoms with E-state index >= 15 is 0 Å². The number of hydrogen-bond acceptors (Lipinski definition) is 4. The van der Waals surface area contributed by atoms with Gasteiger partial charge in [-0.3, -0.25) is 11.3 Å². The van der Waals surface area contributed by atoms with Crippen LogP contribution < -0.4 is 11.3 Å². The molecule has 2 aliphatic rings. The van der Waals surface area contributed by atoms with Gasteiger partial charge >= 0.3 is 0 Å². The van der Waals surface area contributed by atoms with E-state index in [0.29, 0.717) is 0 Å². The third-order valence-electron chi connectivity index (χ3n) is 4.61. The first-order valence-electron chi connectivity index (χ1n) is 6.58. The molecule has 1 heterocycles. The molecule has 0 saturated heterocycles. The molecule has 0 spiro atoms. The molecule has 1 aromatic rings. The van der Waals surface area contributed by atoms with Gasteiger partial charge in [0.05, 0.1) is 0 Å². The Morgan fingerprint density at radius 3 is 2.71 bits per heavy atom. The molecule has 4 nitrogen and oxygen atoms in total. The molecule has 2 fully saturated rings. The third-order valence-corrected chi connectivity index (χ3v) is 4.61. The summed E-state index contributed by atoms with van der Waals surface area (Å²) in [5.41, 5.74) is 4.03. The first kappa shape index (κ1) is 11.1. The first-order valence-corrected chi connectivity index (χ1v) is 6.58. The van der Waals surface area contributed by atoms with Crippen molar-refractivity contribution in [2.45, 2.75) is 38.1 Å². The number of rotatable bonds is 4. The van der Waals surface area contributed by atoms with Crippen LogP contribution in [0.3, 0.4) is 0 Å². The van der Waals surface area contributed by atoms with Crippen molar-refractivity contribution in [3.63, 3.8) is 0 Å². The molecule has 1 aromatic heterocycles. The van der Waals surface area contributed by atoms with Crippen molar-refractivity contribution in [2.75, 3.05) is 0 Å². The summed E-state index contributed by atoms with van der Waals surface area (Å²) in [7, 11) is 0. The summed E-state index contributed by atoms with van der Waals surface area (Å²) < 4.78 is 0. The van der Waals surface area contributed by atoms with Gasteiger partial charge in [0.15, 0.2) is 0 Å². The maximum absolute atomic E-state index is 5.68. The van der Waals surface area contributed by atoms with Crippen molar-refractivity contribution in [3.8, 4) is 0 Å². The van der Waals surface area contributed by atoms with E-state index < -0.39 is 0 Å². The van der Waals surface area contributed by atoms with Crippen molar-refractivity contribution < 1.29 is 0 Å². The monoisotopic (exact) mass is 232 g/mol. The van der Waals surface area contributed by atoms with Gasteiger partial charge < -0.3 is 0 Å². The van der Waals surface area contributed by atoms with Crippen LogP contribution in [0.1, 0.15) is 43.7 Å². The Balaban J connectivity index is 1.67. The molecule has 92 valence electrons. The zero-order valence-corrected chi connectivity index (χ0v) is 10.0. The van der Waals surface area contributed by atoms with E-state index in [0.717, 1.165) is 29.7 Å². The summed E-state index contributed by atoms with van der Waals surface area (Å²) in [6.45, 7) is 0. The number of fused-ring (bicyclic) bond motifs is 2. The Morgan fingerprint density at radius 2 is 2.12 bits per heavy atom. The lowest BCUT2D eigenvalue weighted by atomic mass is 9.83. The van der Waals surface area contributed by atoms with Gasteiger partial charge in [0, 0.05) is 24.0 Å². The van der Waals surface area contributed by atoms with Crippen molar-refractivity contribution in [1.82, 2.24) is 15.4 Å². The summed E-state index contributed by atoms with van der Waals surface area (Å²) in [6.07, 6.45) is 12.2. The summed E-state index contributed by atoms with van der Waals surface area (Å²) in [5, 5.41) is 0. The second-order valence-electron chi connectivity index (χ2n) is 5.56. The van der Waals surface area contributed by atoms with E-state index in [1.807, 2.05) is 12.4 Å². The number of nitrogens with zero attached hydrogens (tertiary/aromatic N) is 2. The predicted molar refractivity (Wildman–Crippen MR) is 65.7 cm³/mol. The summed E-state index contributed by atoms with van der Waals surface area (Å²) >= 11 is 0. The molecule has 17 heavy (non-hydrogen) atoms. The molecule has 0 aromatic carbocycles. The number of hydrogen-bond donors (Lipinski definition) is 2. The zero-order chi connectivity index (χ0) is 11.7. The number of hydrazine groups is 1. The molecule has 3 rings (SSSR count). The van der Waals surface area contributed by atoms with Crippen LogP contribution in [0.15, 0.2) is 18.7 Å². The summed E-state index contributed by atoms with van der Waals surface area (Å²) in [6, 6.07) is 0.209. The average Bonchev–Trinajstić information content (AvgIpc) is 2.99. The van der Waals surface area contributed by atoms with Gasteiger partial charge in [0.25, 0.3) is 0 Å². The van der Waals surface area contributed by atoms with Gasteiger partial charge in [-0.2, -0.15) is 0 Å². The third kappa shape index (κ3) is 2.19. The molecular formula is C13H20N4. The van der Waals surface area contributed by atoms with Crippen molar-refractivity contribution in [1.29, 1.82) is 0 Å². The van der Waals surface area contributed by atoms with Crippen LogP contribution in [-0.2, 0) is 0 Å². The molecule has 4 atom stereocenters. The fraction of sp³-hybridized carbons (Fsp3) is 0.692. The Kier molecular flexibility index (Phi) is 3.07. The Bertz CT molecular complexity index is 367. The van der Waals surface area contributed by atoms with Gasteiger partial charge in [-0.25, -0.2) is 9.97 Å². The first-order chi connectivity index (χ1) is 8.36. The highest BCUT2D eigenvalue weighted by molar-refractivity contribution is 5.09. The van der Waals surface area contributed by atoms with Crippen LogP contribution in [0.25, 0.3) is 0 Å². The highest BCUT2D eigenvalue weighted by Crippen LogP contribution is 2.50. The van der Waals surface area contributed by atoms with Crippen molar-refractivity contribution >= 4 is 0 Å².